The number of fused-ring (bicyclic) bond motifs is 1. The highest BCUT2D eigenvalue weighted by Gasteiger charge is 2.20. The minimum Gasteiger partial charge on any atom is -0.450 e. The molecule has 1 aliphatic heterocycles. The van der Waals surface area contributed by atoms with Crippen LogP contribution in [0.5, 0.6) is 0 Å². The molecule has 1 amide bonds. The molecule has 1 N–H and O–H groups in total. The van der Waals surface area contributed by atoms with Crippen molar-refractivity contribution >= 4 is 34.3 Å². The molecule has 0 saturated carbocycles. The molecule has 0 unspecified atom stereocenters. The van der Waals surface area contributed by atoms with Crippen molar-refractivity contribution in [1.29, 1.82) is 0 Å². The minimum absolute atomic E-state index is 0.321. The van der Waals surface area contributed by atoms with Crippen molar-refractivity contribution in [3.63, 3.8) is 0 Å². The number of pyridine rings is 1. The lowest BCUT2D eigenvalue weighted by Gasteiger charge is -2.21. The van der Waals surface area contributed by atoms with Crippen LogP contribution < -0.4 is 5.32 Å². The zero-order valence-electron chi connectivity index (χ0n) is 13.9. The van der Waals surface area contributed by atoms with E-state index < -0.39 is 6.09 Å². The number of carbonyl (C=O) groups excluding carboxylic acids is 1. The summed E-state index contributed by atoms with van der Waals surface area (Å²) >= 11 is 1.56. The summed E-state index contributed by atoms with van der Waals surface area (Å²) in [6.07, 6.45) is 1.56. The van der Waals surface area contributed by atoms with Gasteiger partial charge in [0.1, 0.15) is 10.8 Å². The maximum Gasteiger partial charge on any atom is 0.412 e. The zero-order chi connectivity index (χ0) is 17.3. The molecule has 0 saturated heterocycles. The maximum atomic E-state index is 11.6. The van der Waals surface area contributed by atoms with Crippen LogP contribution in [0.1, 0.15) is 23.9 Å². The maximum absolute atomic E-state index is 11.6. The number of hydrogen-bond donors (Lipinski definition) is 1. The van der Waals surface area contributed by atoms with Crippen LogP contribution in [0.3, 0.4) is 0 Å². The average Bonchev–Trinajstić information content (AvgIpc) is 2.86. The number of allylic oxidation sites excluding steroid dienone is 2. The number of hydrogen-bond acceptors (Lipinski definition) is 4. The fraction of sp³-hybridized carbons (Fsp3) is 0.222. The van der Waals surface area contributed by atoms with Crippen LogP contribution in [-0.2, 0) is 4.74 Å². The molecule has 24 heavy (non-hydrogen) atoms. The van der Waals surface area contributed by atoms with E-state index in [1.54, 1.807) is 24.8 Å². The van der Waals surface area contributed by atoms with E-state index in [2.05, 4.69) is 53.5 Å². The Morgan fingerprint density at radius 1 is 1.29 bits per heavy atom. The van der Waals surface area contributed by atoms with Gasteiger partial charge < -0.3 is 9.30 Å². The molecule has 1 aliphatic rings. The quantitative estimate of drug-likeness (QED) is 0.880. The highest BCUT2D eigenvalue weighted by Crippen LogP contribution is 2.42. The molecule has 0 bridgehead atoms. The van der Waals surface area contributed by atoms with E-state index in [1.807, 2.05) is 6.07 Å². The van der Waals surface area contributed by atoms with Gasteiger partial charge in [0.15, 0.2) is 0 Å². The molecular weight excluding hydrogens is 322 g/mol. The minimum atomic E-state index is -0.502. The second-order valence-corrected chi connectivity index (χ2v) is 6.47. The molecule has 6 heteroatoms. The van der Waals surface area contributed by atoms with Gasteiger partial charge >= 0.3 is 6.09 Å². The predicted molar refractivity (Wildman–Crippen MR) is 98.0 cm³/mol. The van der Waals surface area contributed by atoms with Crippen molar-refractivity contribution in [2.45, 2.75) is 25.8 Å². The van der Waals surface area contributed by atoms with Gasteiger partial charge in [-0.1, -0.05) is 18.3 Å². The number of aromatic nitrogens is 2. The fourth-order valence-electron chi connectivity index (χ4n) is 2.59. The lowest BCUT2D eigenvalue weighted by atomic mass is 10.1. The number of anilines is 1. The lowest BCUT2D eigenvalue weighted by molar-refractivity contribution is 0.168. The van der Waals surface area contributed by atoms with Crippen LogP contribution in [0, 0.1) is 13.8 Å². The summed E-state index contributed by atoms with van der Waals surface area (Å²) in [5.41, 5.74) is 4.19. The van der Waals surface area contributed by atoms with Crippen LogP contribution in [0.4, 0.5) is 10.6 Å². The Kier molecular flexibility index (Phi) is 4.49. The summed E-state index contributed by atoms with van der Waals surface area (Å²) in [7, 11) is 0. The molecule has 2 aromatic rings. The molecule has 124 valence electrons. The number of nitrogens with one attached hydrogen (secondary N) is 1. The normalized spacial score (nSPS) is 13.3. The van der Waals surface area contributed by atoms with Crippen LogP contribution in [0.2, 0.25) is 0 Å². The van der Waals surface area contributed by atoms with E-state index in [4.69, 9.17) is 4.74 Å². The molecule has 2 aromatic heterocycles. The van der Waals surface area contributed by atoms with Gasteiger partial charge in [-0.15, -0.1) is 0 Å². The summed E-state index contributed by atoms with van der Waals surface area (Å²) in [5.74, 6) is 0.467. The first-order chi connectivity index (χ1) is 11.5. The summed E-state index contributed by atoms with van der Waals surface area (Å²) in [6, 6.07) is 7.84. The molecule has 0 aliphatic carbocycles. The average molecular weight is 341 g/mol. The molecular formula is C18H19N3O2S. The van der Waals surface area contributed by atoms with E-state index in [-0.39, 0.29) is 0 Å². The second kappa shape index (κ2) is 6.57. The van der Waals surface area contributed by atoms with E-state index in [0.717, 1.165) is 32.6 Å². The first-order valence-corrected chi connectivity index (χ1v) is 8.50. The van der Waals surface area contributed by atoms with Crippen molar-refractivity contribution in [3.8, 4) is 0 Å². The van der Waals surface area contributed by atoms with Gasteiger partial charge in [-0.05, 0) is 56.7 Å². The Bertz CT molecular complexity index is 832. The van der Waals surface area contributed by atoms with Gasteiger partial charge in [-0.3, -0.25) is 5.32 Å². The highest BCUT2D eigenvalue weighted by molar-refractivity contribution is 8.08. The Morgan fingerprint density at radius 2 is 2.00 bits per heavy atom. The fourth-order valence-corrected chi connectivity index (χ4v) is 3.82. The van der Waals surface area contributed by atoms with Crippen LogP contribution in [-0.4, -0.2) is 22.3 Å². The molecule has 3 heterocycles. The van der Waals surface area contributed by atoms with Gasteiger partial charge in [0, 0.05) is 17.0 Å². The second-order valence-electron chi connectivity index (χ2n) is 5.46. The van der Waals surface area contributed by atoms with Crippen LogP contribution in [0.15, 0.2) is 41.9 Å². The molecule has 0 spiro atoms. The number of ether oxygens (including phenoxy) is 1. The highest BCUT2D eigenvalue weighted by atomic mass is 32.2. The standard InChI is InChI=1S/C18H19N3O2S/c1-5-23-18(22)20-15-9-8-14-11(2)10-16(24-17(14)19-15)21-12(3)6-7-13(21)4/h6-10H,2,5H2,1,3-4H3,(H,19,20,22). The molecule has 3 rings (SSSR count). The van der Waals surface area contributed by atoms with E-state index in [1.165, 1.54) is 0 Å². The summed E-state index contributed by atoms with van der Waals surface area (Å²) in [4.78, 5) is 16.1. The third-order valence-corrected chi connectivity index (χ3v) is 4.72. The third-order valence-electron chi connectivity index (χ3n) is 3.70. The summed E-state index contributed by atoms with van der Waals surface area (Å²) < 4.78 is 7.07. The first kappa shape index (κ1) is 16.4. The number of rotatable bonds is 3. The molecule has 0 fully saturated rings. The van der Waals surface area contributed by atoms with Crippen LogP contribution >= 0.6 is 11.8 Å². The van der Waals surface area contributed by atoms with Crippen molar-refractivity contribution in [2.75, 3.05) is 11.9 Å². The monoisotopic (exact) mass is 341 g/mol. The van der Waals surface area contributed by atoms with Crippen molar-refractivity contribution in [1.82, 2.24) is 9.55 Å². The molecule has 0 radical (unpaired) electrons. The van der Waals surface area contributed by atoms with Crippen LogP contribution in [0.25, 0.3) is 10.6 Å². The SMILES string of the molecule is C=C1C=C(n2c(C)ccc2C)Sc2nc(NC(=O)OCC)ccc21. The molecule has 0 aromatic carbocycles. The Labute approximate surface area is 145 Å². The number of amides is 1. The smallest absolute Gasteiger partial charge is 0.412 e. The lowest BCUT2D eigenvalue weighted by Crippen LogP contribution is -2.15. The topological polar surface area (TPSA) is 56.2 Å². The first-order valence-electron chi connectivity index (χ1n) is 7.68. The summed E-state index contributed by atoms with van der Waals surface area (Å²) in [5, 5.41) is 4.51. The van der Waals surface area contributed by atoms with Gasteiger partial charge in [0.2, 0.25) is 0 Å². The van der Waals surface area contributed by atoms with Gasteiger partial charge in [-0.25, -0.2) is 9.78 Å². The predicted octanol–water partition coefficient (Wildman–Crippen LogP) is 4.69. The zero-order valence-corrected chi connectivity index (χ0v) is 14.7. The van der Waals surface area contributed by atoms with Gasteiger partial charge in [0.05, 0.1) is 11.6 Å². The number of thioether (sulfide) groups is 1. The Balaban J connectivity index is 1.91. The third kappa shape index (κ3) is 3.10. The number of carbonyl (C=O) groups is 1. The van der Waals surface area contributed by atoms with Gasteiger partial charge in [-0.2, -0.15) is 0 Å². The van der Waals surface area contributed by atoms with Crippen molar-refractivity contribution in [2.24, 2.45) is 0 Å². The number of aryl methyl sites for hydroxylation is 2. The van der Waals surface area contributed by atoms with E-state index >= 15 is 0 Å². The Morgan fingerprint density at radius 3 is 2.67 bits per heavy atom. The van der Waals surface area contributed by atoms with Crippen molar-refractivity contribution < 1.29 is 9.53 Å². The summed E-state index contributed by atoms with van der Waals surface area (Å²) in [6.45, 7) is 10.4. The number of nitrogens with zero attached hydrogens (tertiary/aromatic N) is 2. The van der Waals surface area contributed by atoms with E-state index in [9.17, 15) is 4.79 Å². The molecule has 0 atom stereocenters. The van der Waals surface area contributed by atoms with E-state index in [0.29, 0.717) is 12.4 Å². The Hall–Kier alpha value is -2.47. The van der Waals surface area contributed by atoms with Crippen molar-refractivity contribution in [3.05, 3.63) is 53.9 Å². The largest absolute Gasteiger partial charge is 0.450 e. The molecule has 5 nitrogen and oxygen atoms in total. The van der Waals surface area contributed by atoms with Gasteiger partial charge in [0.25, 0.3) is 0 Å².